The molecule has 25 heavy (non-hydrogen) atoms. The predicted molar refractivity (Wildman–Crippen MR) is 93.3 cm³/mol. The molecule has 0 aromatic heterocycles. The summed E-state index contributed by atoms with van der Waals surface area (Å²) in [5.74, 6) is -1.64. The van der Waals surface area contributed by atoms with Crippen LogP contribution >= 0.6 is 0 Å². The van der Waals surface area contributed by atoms with Gasteiger partial charge in [0.15, 0.2) is 20.2 Å². The molecule has 0 spiro atoms. The minimum atomic E-state index is -2.22. The molecule has 0 amide bonds. The molecule has 1 aliphatic heterocycles. The van der Waals surface area contributed by atoms with Crippen molar-refractivity contribution >= 4 is 14.3 Å². The van der Waals surface area contributed by atoms with Gasteiger partial charge in [0.2, 0.25) is 0 Å². The molecular weight excluding hydrogens is 346 g/mol. The van der Waals surface area contributed by atoms with Crippen LogP contribution in [0.2, 0.25) is 18.6 Å². The van der Waals surface area contributed by atoms with Crippen molar-refractivity contribution in [2.24, 2.45) is 5.11 Å². The highest BCUT2D eigenvalue weighted by Gasteiger charge is 2.52. The zero-order valence-corrected chi connectivity index (χ0v) is 16.9. The van der Waals surface area contributed by atoms with E-state index in [4.69, 9.17) is 24.2 Å². The highest BCUT2D eigenvalue weighted by Crippen LogP contribution is 2.35. The summed E-state index contributed by atoms with van der Waals surface area (Å²) in [5.41, 5.74) is 9.09. The summed E-state index contributed by atoms with van der Waals surface area (Å²) in [4.78, 5) is 14.9. The van der Waals surface area contributed by atoms with Crippen LogP contribution in [0.3, 0.4) is 0 Å². The van der Waals surface area contributed by atoms with Crippen molar-refractivity contribution in [1.82, 2.24) is 0 Å². The Balaban J connectivity index is 3.28. The normalized spacial score (nSPS) is 25.3. The molecule has 1 fully saturated rings. The Kier molecular flexibility index (Phi) is 7.42. The minimum absolute atomic E-state index is 0.257. The molecule has 1 N–H and O–H groups in total. The molecule has 0 aromatic carbocycles. The molecule has 0 saturated carbocycles. The van der Waals surface area contributed by atoms with Crippen LogP contribution in [0.25, 0.3) is 10.4 Å². The van der Waals surface area contributed by atoms with E-state index in [2.05, 4.69) is 10.0 Å². The number of hydrogen-bond donors (Lipinski definition) is 1. The van der Waals surface area contributed by atoms with E-state index >= 15 is 0 Å². The van der Waals surface area contributed by atoms with Crippen molar-refractivity contribution in [2.45, 2.75) is 76.5 Å². The summed E-state index contributed by atoms with van der Waals surface area (Å²) in [6.07, 6.45) is -2.74. The largest absolute Gasteiger partial charge is 0.467 e. The van der Waals surface area contributed by atoms with E-state index in [9.17, 15) is 9.90 Å². The Hall–Kier alpha value is -1.16. The van der Waals surface area contributed by atoms with Crippen molar-refractivity contribution < 1.29 is 28.5 Å². The van der Waals surface area contributed by atoms with E-state index in [1.165, 1.54) is 7.11 Å². The molecule has 0 radical (unpaired) electrons. The van der Waals surface area contributed by atoms with Crippen LogP contribution in [0.15, 0.2) is 5.11 Å². The van der Waals surface area contributed by atoms with Gasteiger partial charge in [-0.1, -0.05) is 19.0 Å². The number of azide groups is 1. The first kappa shape index (κ1) is 21.9. The van der Waals surface area contributed by atoms with E-state index in [0.29, 0.717) is 0 Å². The smallest absolute Gasteiger partial charge is 0.337 e. The van der Waals surface area contributed by atoms with Gasteiger partial charge in [0, 0.05) is 4.91 Å². The second-order valence-corrected chi connectivity index (χ2v) is 11.9. The molecule has 0 aromatic rings. The van der Waals surface area contributed by atoms with Gasteiger partial charge in [0.25, 0.3) is 0 Å². The second-order valence-electron chi connectivity index (χ2n) is 7.34. The molecule has 10 heteroatoms. The quantitative estimate of drug-likeness (QED) is 0.228. The highest BCUT2D eigenvalue weighted by atomic mass is 28.4. The molecule has 1 heterocycles. The third-order valence-electron chi connectivity index (χ3n) is 4.48. The fourth-order valence-corrected chi connectivity index (χ4v) is 3.72. The Morgan fingerprint density at radius 3 is 2.44 bits per heavy atom. The number of ether oxygens (including phenoxy) is 3. The topological polar surface area (TPSA) is 123 Å². The molecule has 0 unspecified atom stereocenters. The number of methoxy groups -OCH3 is 1. The Morgan fingerprint density at radius 1 is 1.40 bits per heavy atom. The first-order chi connectivity index (χ1) is 11.5. The molecule has 0 aliphatic carbocycles. The van der Waals surface area contributed by atoms with Crippen LogP contribution in [0, 0.1) is 0 Å². The molecule has 144 valence electrons. The fraction of sp³-hybridized carbons (Fsp3) is 0.933. The van der Waals surface area contributed by atoms with Gasteiger partial charge < -0.3 is 23.7 Å². The van der Waals surface area contributed by atoms with Crippen LogP contribution in [0.5, 0.6) is 0 Å². The average Bonchev–Trinajstić information content (AvgIpc) is 2.85. The third-order valence-corrected chi connectivity index (χ3v) is 8.14. The molecule has 1 aliphatic rings. The zero-order chi connectivity index (χ0) is 19.4. The number of esters is 1. The van der Waals surface area contributed by atoms with Crippen molar-refractivity contribution in [1.29, 1.82) is 0 Å². The summed E-state index contributed by atoms with van der Waals surface area (Å²) < 4.78 is 22.7. The van der Waals surface area contributed by atoms with E-state index in [1.807, 2.05) is 26.9 Å². The van der Waals surface area contributed by atoms with Crippen LogP contribution in [-0.2, 0) is 23.4 Å². The number of carbonyl (C=O) groups is 1. The number of aliphatic hydroxyl groups is 1. The van der Waals surface area contributed by atoms with Crippen LogP contribution in [-0.4, -0.2) is 63.3 Å². The maximum atomic E-state index is 12.1. The number of aliphatic hydroxyl groups excluding tert-OH is 1. The lowest BCUT2D eigenvalue weighted by Gasteiger charge is -2.37. The standard InChI is InChI=1S/C15H29N3O6Si/c1-9(2)25(6,7)24-11(10(8-19)17-18-16)12-13(14(20)21-5)23-15(3,4)22-12/h9-13,19H,8H2,1-7H3/t10-,11-,12+,13+/m1/s1. The fourth-order valence-electron chi connectivity index (χ4n) is 2.45. The second kappa shape index (κ2) is 8.48. The van der Waals surface area contributed by atoms with Crippen LogP contribution in [0.4, 0.5) is 0 Å². The first-order valence-corrected chi connectivity index (χ1v) is 11.2. The van der Waals surface area contributed by atoms with Gasteiger partial charge in [-0.3, -0.25) is 0 Å². The summed E-state index contributed by atoms with van der Waals surface area (Å²) in [6, 6.07) is -0.912. The monoisotopic (exact) mass is 375 g/mol. The predicted octanol–water partition coefficient (Wildman–Crippen LogP) is 2.35. The molecule has 9 nitrogen and oxygen atoms in total. The van der Waals surface area contributed by atoms with Crippen molar-refractivity contribution in [3.8, 4) is 0 Å². The number of carbonyl (C=O) groups excluding carboxylic acids is 1. The lowest BCUT2D eigenvalue weighted by Crippen LogP contribution is -2.53. The lowest BCUT2D eigenvalue weighted by atomic mass is 10.0. The Labute approximate surface area is 149 Å². The minimum Gasteiger partial charge on any atom is -0.467 e. The highest BCUT2D eigenvalue weighted by molar-refractivity contribution is 6.72. The summed E-state index contributed by atoms with van der Waals surface area (Å²) >= 11 is 0. The SMILES string of the molecule is COC(=O)[C@H]1OC(C)(C)O[C@H]1[C@H](O[Si](C)(C)C(C)C)[C@@H](CO)N=[N+]=[N-]. The van der Waals surface area contributed by atoms with Gasteiger partial charge in [-0.05, 0) is 38.0 Å². The van der Waals surface area contributed by atoms with Gasteiger partial charge in [0.05, 0.1) is 25.9 Å². The average molecular weight is 375 g/mol. The zero-order valence-electron chi connectivity index (χ0n) is 15.9. The van der Waals surface area contributed by atoms with E-state index in [1.54, 1.807) is 13.8 Å². The van der Waals surface area contributed by atoms with Crippen molar-refractivity contribution in [2.75, 3.05) is 13.7 Å². The number of nitrogens with zero attached hydrogens (tertiary/aromatic N) is 3. The molecule has 4 atom stereocenters. The van der Waals surface area contributed by atoms with E-state index < -0.39 is 51.0 Å². The lowest BCUT2D eigenvalue weighted by molar-refractivity contribution is -0.169. The maximum absolute atomic E-state index is 12.1. The summed E-state index contributed by atoms with van der Waals surface area (Å²) in [5, 5.41) is 13.3. The van der Waals surface area contributed by atoms with Gasteiger partial charge in [0.1, 0.15) is 6.10 Å². The van der Waals surface area contributed by atoms with E-state index in [0.717, 1.165) is 0 Å². The summed E-state index contributed by atoms with van der Waals surface area (Å²) in [6.45, 7) is 11.0. The Morgan fingerprint density at radius 2 is 2.00 bits per heavy atom. The van der Waals surface area contributed by atoms with E-state index in [-0.39, 0.29) is 5.54 Å². The third kappa shape index (κ3) is 5.40. The van der Waals surface area contributed by atoms with Crippen LogP contribution in [0.1, 0.15) is 27.7 Å². The van der Waals surface area contributed by atoms with Gasteiger partial charge in [-0.2, -0.15) is 0 Å². The van der Waals surface area contributed by atoms with Crippen LogP contribution < -0.4 is 0 Å². The summed E-state index contributed by atoms with van der Waals surface area (Å²) in [7, 11) is -0.965. The molecule has 0 bridgehead atoms. The Bertz CT molecular complexity index is 521. The van der Waals surface area contributed by atoms with Gasteiger partial charge >= 0.3 is 5.97 Å². The first-order valence-electron chi connectivity index (χ1n) is 8.25. The van der Waals surface area contributed by atoms with Gasteiger partial charge in [-0.25, -0.2) is 4.79 Å². The number of rotatable bonds is 8. The molecular formula is C15H29N3O6Si. The maximum Gasteiger partial charge on any atom is 0.337 e. The van der Waals surface area contributed by atoms with Gasteiger partial charge in [-0.15, -0.1) is 0 Å². The van der Waals surface area contributed by atoms with Crippen molar-refractivity contribution in [3.63, 3.8) is 0 Å². The molecule has 1 saturated heterocycles. The number of hydrogen-bond acceptors (Lipinski definition) is 7. The van der Waals surface area contributed by atoms with Crippen molar-refractivity contribution in [3.05, 3.63) is 10.4 Å². The molecule has 1 rings (SSSR count).